The van der Waals surface area contributed by atoms with Crippen molar-refractivity contribution in [3.8, 4) is 11.5 Å². The maximum atomic E-state index is 12.8. The van der Waals surface area contributed by atoms with Crippen LogP contribution in [-0.4, -0.2) is 50.9 Å². The number of benzene rings is 2. The number of ether oxygens (including phenoxy) is 2. The number of nitrogens with one attached hydrogen (secondary N) is 1. The molecule has 32 heavy (non-hydrogen) atoms. The molecule has 1 aliphatic heterocycles. The number of hydrogen-bond acceptors (Lipinski definition) is 7. The van der Waals surface area contributed by atoms with E-state index in [4.69, 9.17) is 9.47 Å². The van der Waals surface area contributed by atoms with Gasteiger partial charge in [-0.2, -0.15) is 4.31 Å². The van der Waals surface area contributed by atoms with E-state index in [9.17, 15) is 23.3 Å². The van der Waals surface area contributed by atoms with E-state index in [0.29, 0.717) is 24.7 Å². The summed E-state index contributed by atoms with van der Waals surface area (Å²) in [6.45, 7) is 3.06. The van der Waals surface area contributed by atoms with Gasteiger partial charge in [0, 0.05) is 24.8 Å². The number of piperidine rings is 1. The molecule has 172 valence electrons. The lowest BCUT2D eigenvalue weighted by molar-refractivity contribution is -0.385. The van der Waals surface area contributed by atoms with Crippen LogP contribution < -0.4 is 14.8 Å². The lowest BCUT2D eigenvalue weighted by atomic mass is 10.0. The van der Waals surface area contributed by atoms with Gasteiger partial charge in [0.1, 0.15) is 5.56 Å². The molecule has 0 spiro atoms. The molecule has 0 radical (unpaired) electrons. The fourth-order valence-electron chi connectivity index (χ4n) is 3.48. The maximum Gasteiger partial charge on any atom is 0.286 e. The third kappa shape index (κ3) is 4.83. The molecule has 0 unspecified atom stereocenters. The lowest BCUT2D eigenvalue weighted by Gasteiger charge is -2.29. The van der Waals surface area contributed by atoms with Gasteiger partial charge < -0.3 is 14.8 Å². The SMILES string of the molecule is COc1cc(C(=O)Nc2ccc(S(=O)(=O)N3CCC(C)CC3)cc2)c([N+](=O)[O-])cc1OC. The second kappa shape index (κ2) is 9.53. The standard InChI is InChI=1S/C21H25N3O7S/c1-14-8-10-23(11-9-14)32(28,29)16-6-4-15(5-7-16)22-21(25)17-12-19(30-2)20(31-3)13-18(17)24(26)27/h4-7,12-14H,8-11H2,1-3H3,(H,22,25). The lowest BCUT2D eigenvalue weighted by Crippen LogP contribution is -2.37. The molecule has 0 aromatic heterocycles. The van der Waals surface area contributed by atoms with Crippen LogP contribution in [0.25, 0.3) is 0 Å². The van der Waals surface area contributed by atoms with E-state index in [-0.39, 0.29) is 22.0 Å². The Hall–Kier alpha value is -3.18. The molecule has 1 saturated heterocycles. The molecular weight excluding hydrogens is 438 g/mol. The Morgan fingerprint density at radius 3 is 2.19 bits per heavy atom. The van der Waals surface area contributed by atoms with Crippen molar-refractivity contribution >= 4 is 27.3 Å². The minimum absolute atomic E-state index is 0.123. The Morgan fingerprint density at radius 2 is 1.66 bits per heavy atom. The van der Waals surface area contributed by atoms with Crippen LogP contribution in [0, 0.1) is 16.0 Å². The normalized spacial score (nSPS) is 15.2. The summed E-state index contributed by atoms with van der Waals surface area (Å²) in [5.41, 5.74) is -0.365. The summed E-state index contributed by atoms with van der Waals surface area (Å²) >= 11 is 0. The summed E-state index contributed by atoms with van der Waals surface area (Å²) in [5, 5.41) is 14.0. The number of rotatable bonds is 7. The fourth-order valence-corrected chi connectivity index (χ4v) is 4.95. The predicted molar refractivity (Wildman–Crippen MR) is 118 cm³/mol. The van der Waals surface area contributed by atoms with Crippen LogP contribution in [0.3, 0.4) is 0 Å². The molecule has 1 fully saturated rings. The molecule has 0 atom stereocenters. The number of nitro benzene ring substituents is 1. The van der Waals surface area contributed by atoms with E-state index in [1.165, 1.54) is 48.9 Å². The molecule has 10 nitrogen and oxygen atoms in total. The smallest absolute Gasteiger partial charge is 0.286 e. The summed E-state index contributed by atoms with van der Waals surface area (Å²) < 4.78 is 37.3. The topological polar surface area (TPSA) is 128 Å². The monoisotopic (exact) mass is 463 g/mol. The van der Waals surface area contributed by atoms with Crippen LogP contribution in [0.5, 0.6) is 11.5 Å². The van der Waals surface area contributed by atoms with Gasteiger partial charge in [-0.25, -0.2) is 8.42 Å². The highest BCUT2D eigenvalue weighted by atomic mass is 32.2. The maximum absolute atomic E-state index is 12.8. The van der Waals surface area contributed by atoms with Crippen LogP contribution in [0.1, 0.15) is 30.1 Å². The Labute approximate surface area is 186 Å². The molecule has 1 N–H and O–H groups in total. The molecule has 0 saturated carbocycles. The predicted octanol–water partition coefficient (Wildman–Crippen LogP) is 3.28. The first-order valence-corrected chi connectivity index (χ1v) is 11.4. The van der Waals surface area contributed by atoms with Gasteiger partial charge in [-0.05, 0) is 43.0 Å². The number of carbonyl (C=O) groups excluding carboxylic acids is 1. The third-order valence-electron chi connectivity index (χ3n) is 5.44. The average Bonchev–Trinajstić information content (AvgIpc) is 2.78. The molecule has 1 amide bonds. The minimum Gasteiger partial charge on any atom is -0.493 e. The number of nitro groups is 1. The van der Waals surface area contributed by atoms with Gasteiger partial charge in [-0.1, -0.05) is 6.92 Å². The first-order chi connectivity index (χ1) is 15.2. The Kier molecular flexibility index (Phi) is 6.99. The number of methoxy groups -OCH3 is 2. The highest BCUT2D eigenvalue weighted by Gasteiger charge is 2.28. The summed E-state index contributed by atoms with van der Waals surface area (Å²) in [6, 6.07) is 8.05. The first-order valence-electron chi connectivity index (χ1n) is 9.99. The van der Waals surface area contributed by atoms with Crippen molar-refractivity contribution in [2.45, 2.75) is 24.7 Å². The number of carbonyl (C=O) groups is 1. The fraction of sp³-hybridized carbons (Fsp3) is 0.381. The molecule has 2 aromatic carbocycles. The van der Waals surface area contributed by atoms with E-state index >= 15 is 0 Å². The van der Waals surface area contributed by atoms with E-state index in [2.05, 4.69) is 12.2 Å². The van der Waals surface area contributed by atoms with Crippen molar-refractivity contribution < 1.29 is 27.6 Å². The Balaban J connectivity index is 1.81. The van der Waals surface area contributed by atoms with E-state index < -0.39 is 26.5 Å². The molecule has 3 rings (SSSR count). The molecular formula is C21H25N3O7S. The molecule has 1 heterocycles. The van der Waals surface area contributed by atoms with Crippen molar-refractivity contribution in [3.05, 3.63) is 52.1 Å². The molecule has 11 heteroatoms. The van der Waals surface area contributed by atoms with Gasteiger partial charge in [0.05, 0.1) is 30.1 Å². The molecule has 0 bridgehead atoms. The zero-order chi connectivity index (χ0) is 23.5. The number of hydrogen-bond donors (Lipinski definition) is 1. The van der Waals surface area contributed by atoms with Crippen molar-refractivity contribution in [1.29, 1.82) is 0 Å². The first kappa shape index (κ1) is 23.5. The Bertz CT molecular complexity index is 1110. The second-order valence-electron chi connectivity index (χ2n) is 7.55. The van der Waals surface area contributed by atoms with Crippen LogP contribution in [-0.2, 0) is 10.0 Å². The van der Waals surface area contributed by atoms with Gasteiger partial charge in [-0.15, -0.1) is 0 Å². The van der Waals surface area contributed by atoms with Gasteiger partial charge in [0.2, 0.25) is 10.0 Å². The van der Waals surface area contributed by atoms with E-state index in [1.54, 1.807) is 0 Å². The van der Waals surface area contributed by atoms with E-state index in [1.807, 2.05) is 0 Å². The van der Waals surface area contributed by atoms with Crippen LogP contribution >= 0.6 is 0 Å². The number of amides is 1. The molecule has 0 aliphatic carbocycles. The minimum atomic E-state index is -3.62. The number of nitrogens with zero attached hydrogens (tertiary/aromatic N) is 2. The van der Waals surface area contributed by atoms with Crippen LogP contribution in [0.15, 0.2) is 41.3 Å². The highest BCUT2D eigenvalue weighted by Crippen LogP contribution is 2.35. The number of anilines is 1. The Morgan fingerprint density at radius 1 is 1.09 bits per heavy atom. The van der Waals surface area contributed by atoms with Crippen LogP contribution in [0.4, 0.5) is 11.4 Å². The van der Waals surface area contributed by atoms with Crippen LogP contribution in [0.2, 0.25) is 0 Å². The summed E-state index contributed by atoms with van der Waals surface area (Å²) in [6.07, 6.45) is 1.63. The highest BCUT2D eigenvalue weighted by molar-refractivity contribution is 7.89. The quantitative estimate of drug-likeness (QED) is 0.493. The van der Waals surface area contributed by atoms with Gasteiger partial charge in [0.25, 0.3) is 11.6 Å². The van der Waals surface area contributed by atoms with Gasteiger partial charge in [-0.3, -0.25) is 14.9 Å². The summed E-state index contributed by atoms with van der Waals surface area (Å²) in [4.78, 5) is 23.6. The van der Waals surface area contributed by atoms with Crippen molar-refractivity contribution in [2.75, 3.05) is 32.6 Å². The third-order valence-corrected chi connectivity index (χ3v) is 7.35. The van der Waals surface area contributed by atoms with Crippen molar-refractivity contribution in [2.24, 2.45) is 5.92 Å². The van der Waals surface area contributed by atoms with Gasteiger partial charge in [0.15, 0.2) is 11.5 Å². The summed E-state index contributed by atoms with van der Waals surface area (Å²) in [5.74, 6) is 0.0518. The van der Waals surface area contributed by atoms with Crippen molar-refractivity contribution in [3.63, 3.8) is 0 Å². The average molecular weight is 464 g/mol. The van der Waals surface area contributed by atoms with Crippen molar-refractivity contribution in [1.82, 2.24) is 4.31 Å². The zero-order valence-corrected chi connectivity index (χ0v) is 18.8. The van der Waals surface area contributed by atoms with E-state index in [0.717, 1.165) is 18.9 Å². The largest absolute Gasteiger partial charge is 0.493 e. The zero-order valence-electron chi connectivity index (χ0n) is 18.0. The number of sulfonamides is 1. The van der Waals surface area contributed by atoms with Gasteiger partial charge >= 0.3 is 0 Å². The molecule has 1 aliphatic rings. The summed E-state index contributed by atoms with van der Waals surface area (Å²) in [7, 11) is -0.927. The molecule has 2 aromatic rings. The second-order valence-corrected chi connectivity index (χ2v) is 9.48.